The highest BCUT2D eigenvalue weighted by Gasteiger charge is 2.10. The van der Waals surface area contributed by atoms with Gasteiger partial charge in [-0.2, -0.15) is 0 Å². The molecule has 1 aromatic carbocycles. The van der Waals surface area contributed by atoms with Gasteiger partial charge in [-0.05, 0) is 24.6 Å². The topological polar surface area (TPSA) is 76.2 Å². The molecule has 88 valence electrons. The lowest BCUT2D eigenvalue weighted by molar-refractivity contribution is 0.0697. The summed E-state index contributed by atoms with van der Waals surface area (Å²) in [6.07, 6.45) is 1.66. The Morgan fingerprint density at radius 1 is 1.41 bits per heavy atom. The van der Waals surface area contributed by atoms with Crippen LogP contribution in [-0.4, -0.2) is 21.3 Å². The van der Waals surface area contributed by atoms with Crippen molar-refractivity contribution in [1.29, 1.82) is 0 Å². The first-order valence-corrected chi connectivity index (χ1v) is 5.37. The van der Waals surface area contributed by atoms with E-state index in [1.165, 1.54) is 12.1 Å². The zero-order valence-electron chi connectivity index (χ0n) is 9.38. The van der Waals surface area contributed by atoms with E-state index in [9.17, 15) is 4.79 Å². The Labute approximate surface area is 98.1 Å². The molecular weight excluding hydrogens is 220 g/mol. The van der Waals surface area contributed by atoms with Crippen molar-refractivity contribution in [3.05, 3.63) is 35.7 Å². The highest BCUT2D eigenvalue weighted by Crippen LogP contribution is 2.19. The average molecular weight is 232 g/mol. The summed E-state index contributed by atoms with van der Waals surface area (Å²) < 4.78 is 5.43. The molecule has 0 amide bonds. The fraction of sp³-hybridized carbons (Fsp3) is 0.250. The van der Waals surface area contributed by atoms with Crippen molar-refractivity contribution in [3.8, 4) is 11.5 Å². The van der Waals surface area contributed by atoms with Crippen molar-refractivity contribution in [2.75, 3.05) is 0 Å². The van der Waals surface area contributed by atoms with Gasteiger partial charge < -0.3 is 9.52 Å². The van der Waals surface area contributed by atoms with Gasteiger partial charge in [0.25, 0.3) is 0 Å². The molecule has 0 bridgehead atoms. The minimum atomic E-state index is -0.972. The standard InChI is InChI=1S/C12H12N2O3/c1-2-4-10-13-14-11(17-10)8-5-3-6-9(7-8)12(15)16/h3,5-7H,2,4H2,1H3,(H,15,16). The van der Waals surface area contributed by atoms with Crippen LogP contribution < -0.4 is 0 Å². The van der Waals surface area contributed by atoms with E-state index in [2.05, 4.69) is 10.2 Å². The maximum atomic E-state index is 10.8. The molecule has 0 spiro atoms. The Hall–Kier alpha value is -2.17. The fourth-order valence-corrected chi connectivity index (χ4v) is 1.47. The summed E-state index contributed by atoms with van der Waals surface area (Å²) in [6.45, 7) is 2.02. The number of carboxylic acids is 1. The summed E-state index contributed by atoms with van der Waals surface area (Å²) in [7, 11) is 0. The molecule has 0 fully saturated rings. The predicted octanol–water partition coefficient (Wildman–Crippen LogP) is 2.39. The minimum absolute atomic E-state index is 0.206. The molecule has 2 aromatic rings. The van der Waals surface area contributed by atoms with Gasteiger partial charge in [0.05, 0.1) is 5.56 Å². The molecule has 0 aliphatic carbocycles. The van der Waals surface area contributed by atoms with E-state index >= 15 is 0 Å². The Morgan fingerprint density at radius 3 is 2.94 bits per heavy atom. The molecule has 0 atom stereocenters. The molecule has 0 unspecified atom stereocenters. The first-order valence-electron chi connectivity index (χ1n) is 5.37. The van der Waals surface area contributed by atoms with Crippen LogP contribution in [0.4, 0.5) is 0 Å². The molecule has 1 N–H and O–H groups in total. The lowest BCUT2D eigenvalue weighted by atomic mass is 10.1. The van der Waals surface area contributed by atoms with E-state index in [0.717, 1.165) is 12.8 Å². The monoisotopic (exact) mass is 232 g/mol. The van der Waals surface area contributed by atoms with Crippen LogP contribution in [0, 0.1) is 0 Å². The van der Waals surface area contributed by atoms with Crippen molar-refractivity contribution in [2.45, 2.75) is 19.8 Å². The number of rotatable bonds is 4. The average Bonchev–Trinajstić information content (AvgIpc) is 2.78. The van der Waals surface area contributed by atoms with Crippen LogP contribution in [0.5, 0.6) is 0 Å². The van der Waals surface area contributed by atoms with Gasteiger partial charge in [-0.1, -0.05) is 13.0 Å². The molecule has 2 rings (SSSR count). The van der Waals surface area contributed by atoms with E-state index in [-0.39, 0.29) is 5.56 Å². The van der Waals surface area contributed by atoms with Gasteiger partial charge >= 0.3 is 5.97 Å². The first kappa shape index (κ1) is 11.3. The second kappa shape index (κ2) is 4.78. The second-order valence-electron chi connectivity index (χ2n) is 3.64. The quantitative estimate of drug-likeness (QED) is 0.875. The molecule has 0 saturated carbocycles. The van der Waals surface area contributed by atoms with Gasteiger partial charge in [0.15, 0.2) is 0 Å². The molecule has 1 aromatic heterocycles. The maximum Gasteiger partial charge on any atom is 0.335 e. The zero-order chi connectivity index (χ0) is 12.3. The van der Waals surface area contributed by atoms with Gasteiger partial charge in [-0.15, -0.1) is 10.2 Å². The van der Waals surface area contributed by atoms with Gasteiger partial charge in [-0.25, -0.2) is 4.79 Å². The van der Waals surface area contributed by atoms with Gasteiger partial charge in [0.1, 0.15) is 0 Å². The molecule has 5 heteroatoms. The third-order valence-electron chi connectivity index (χ3n) is 2.29. The largest absolute Gasteiger partial charge is 0.478 e. The molecule has 0 radical (unpaired) electrons. The van der Waals surface area contributed by atoms with E-state index < -0.39 is 5.97 Å². The highest BCUT2D eigenvalue weighted by atomic mass is 16.4. The number of benzene rings is 1. The summed E-state index contributed by atoms with van der Waals surface area (Å²) in [5.74, 6) is -0.0417. The molecule has 5 nitrogen and oxygen atoms in total. The number of nitrogens with zero attached hydrogens (tertiary/aromatic N) is 2. The third kappa shape index (κ3) is 2.50. The molecular formula is C12H12N2O3. The number of aromatic nitrogens is 2. The zero-order valence-corrected chi connectivity index (χ0v) is 9.38. The summed E-state index contributed by atoms with van der Waals surface area (Å²) in [5, 5.41) is 16.7. The van der Waals surface area contributed by atoms with Gasteiger partial charge in [0.2, 0.25) is 11.8 Å². The molecule has 17 heavy (non-hydrogen) atoms. The van der Waals surface area contributed by atoms with Crippen LogP contribution in [0.2, 0.25) is 0 Å². The summed E-state index contributed by atoms with van der Waals surface area (Å²) in [5.41, 5.74) is 0.831. The second-order valence-corrected chi connectivity index (χ2v) is 3.64. The van der Waals surface area contributed by atoms with Crippen LogP contribution in [0.3, 0.4) is 0 Å². The first-order chi connectivity index (χ1) is 8.20. The number of aryl methyl sites for hydroxylation is 1. The normalized spacial score (nSPS) is 10.4. The number of hydrogen-bond acceptors (Lipinski definition) is 4. The summed E-state index contributed by atoms with van der Waals surface area (Å²) in [6, 6.07) is 6.44. The summed E-state index contributed by atoms with van der Waals surface area (Å²) in [4.78, 5) is 10.8. The Bertz CT molecular complexity index is 534. The number of carbonyl (C=O) groups is 1. The Balaban J connectivity index is 2.32. The predicted molar refractivity (Wildman–Crippen MR) is 60.7 cm³/mol. The van der Waals surface area contributed by atoms with Gasteiger partial charge in [0, 0.05) is 12.0 Å². The SMILES string of the molecule is CCCc1nnc(-c2cccc(C(=O)O)c2)o1. The van der Waals surface area contributed by atoms with E-state index in [1.54, 1.807) is 12.1 Å². The molecule has 0 aliphatic rings. The van der Waals surface area contributed by atoms with Gasteiger partial charge in [-0.3, -0.25) is 0 Å². The molecule has 0 aliphatic heterocycles. The maximum absolute atomic E-state index is 10.8. The van der Waals surface area contributed by atoms with E-state index in [1.807, 2.05) is 6.92 Å². The minimum Gasteiger partial charge on any atom is -0.478 e. The summed E-state index contributed by atoms with van der Waals surface area (Å²) >= 11 is 0. The van der Waals surface area contributed by atoms with Crippen molar-refractivity contribution < 1.29 is 14.3 Å². The van der Waals surface area contributed by atoms with Crippen molar-refractivity contribution in [3.63, 3.8) is 0 Å². The van der Waals surface area contributed by atoms with Crippen LogP contribution in [0.25, 0.3) is 11.5 Å². The number of aromatic carboxylic acids is 1. The third-order valence-corrected chi connectivity index (χ3v) is 2.29. The number of hydrogen-bond donors (Lipinski definition) is 1. The Kier molecular flexibility index (Phi) is 3.18. The molecule has 1 heterocycles. The smallest absolute Gasteiger partial charge is 0.335 e. The van der Waals surface area contributed by atoms with Crippen LogP contribution in [0.15, 0.2) is 28.7 Å². The van der Waals surface area contributed by atoms with Crippen molar-refractivity contribution in [1.82, 2.24) is 10.2 Å². The van der Waals surface area contributed by atoms with E-state index in [0.29, 0.717) is 17.3 Å². The van der Waals surface area contributed by atoms with E-state index in [4.69, 9.17) is 9.52 Å². The Morgan fingerprint density at radius 2 is 2.24 bits per heavy atom. The van der Waals surface area contributed by atoms with Crippen LogP contribution in [0.1, 0.15) is 29.6 Å². The lowest BCUT2D eigenvalue weighted by Crippen LogP contribution is -1.95. The lowest BCUT2D eigenvalue weighted by Gasteiger charge is -1.97. The van der Waals surface area contributed by atoms with Crippen LogP contribution in [-0.2, 0) is 6.42 Å². The van der Waals surface area contributed by atoms with Crippen molar-refractivity contribution in [2.24, 2.45) is 0 Å². The van der Waals surface area contributed by atoms with Crippen molar-refractivity contribution >= 4 is 5.97 Å². The number of carboxylic acid groups (broad SMARTS) is 1. The highest BCUT2D eigenvalue weighted by molar-refractivity contribution is 5.88. The molecule has 0 saturated heterocycles. The van der Waals surface area contributed by atoms with Crippen LogP contribution >= 0.6 is 0 Å². The fourth-order valence-electron chi connectivity index (χ4n) is 1.47.